The number of nitro benzene ring substituents is 1. The number of hydrogen-bond donors (Lipinski definition) is 0. The molecular formula is C37H32N4O5. The van der Waals surface area contributed by atoms with Crippen LogP contribution in [0.4, 0.5) is 5.69 Å². The van der Waals surface area contributed by atoms with Gasteiger partial charge in [0.25, 0.3) is 11.2 Å². The average molecular weight is 613 g/mol. The van der Waals surface area contributed by atoms with Gasteiger partial charge >= 0.3 is 0 Å². The topological polar surface area (TPSA) is 109 Å². The van der Waals surface area contributed by atoms with Crippen molar-refractivity contribution in [2.24, 2.45) is 5.10 Å². The van der Waals surface area contributed by atoms with Crippen LogP contribution in [0.1, 0.15) is 42.0 Å². The lowest BCUT2D eigenvalue weighted by molar-refractivity contribution is -0.384. The van der Waals surface area contributed by atoms with Crippen molar-refractivity contribution in [3.8, 4) is 22.9 Å². The van der Waals surface area contributed by atoms with E-state index in [1.165, 1.54) is 16.8 Å². The third-order valence-corrected chi connectivity index (χ3v) is 7.97. The minimum atomic E-state index is -0.433. The molecule has 0 radical (unpaired) electrons. The standard InChI is InChI=1S/C37H32N4O5/c1-23(2)30-20-31(24(3)19-35(30)45-4)36-39-33-12-8-7-11-29(33)37(42)40(36)38-21-32-28-10-6-5-9-26(28)15-18-34(32)46-22-25-13-16-27(17-14-25)41(43)44/h5-21,23H,22H2,1-4H3. The zero-order valence-electron chi connectivity index (χ0n) is 25.9. The van der Waals surface area contributed by atoms with Gasteiger partial charge < -0.3 is 9.47 Å². The van der Waals surface area contributed by atoms with E-state index in [0.717, 1.165) is 38.8 Å². The molecule has 230 valence electrons. The molecule has 46 heavy (non-hydrogen) atoms. The summed E-state index contributed by atoms with van der Waals surface area (Å²) in [5, 5.41) is 18.2. The zero-order valence-corrected chi connectivity index (χ0v) is 25.9. The maximum absolute atomic E-state index is 14.0. The molecule has 9 nitrogen and oxygen atoms in total. The van der Waals surface area contributed by atoms with Crippen molar-refractivity contribution < 1.29 is 14.4 Å². The maximum Gasteiger partial charge on any atom is 0.282 e. The highest BCUT2D eigenvalue weighted by Gasteiger charge is 2.19. The Morgan fingerprint density at radius 1 is 0.935 bits per heavy atom. The number of benzene rings is 5. The number of hydrogen-bond acceptors (Lipinski definition) is 7. The molecule has 0 spiro atoms. The largest absolute Gasteiger partial charge is 0.496 e. The lowest BCUT2D eigenvalue weighted by atomic mass is 9.96. The van der Waals surface area contributed by atoms with Gasteiger partial charge in [0.15, 0.2) is 5.82 Å². The molecular weight excluding hydrogens is 580 g/mol. The molecule has 5 aromatic carbocycles. The van der Waals surface area contributed by atoms with Crippen LogP contribution in [0, 0.1) is 17.0 Å². The van der Waals surface area contributed by atoms with E-state index in [1.54, 1.807) is 31.5 Å². The number of methoxy groups -OCH3 is 1. The summed E-state index contributed by atoms with van der Waals surface area (Å²) in [6.45, 7) is 6.33. The van der Waals surface area contributed by atoms with Gasteiger partial charge in [0.1, 0.15) is 18.1 Å². The van der Waals surface area contributed by atoms with Gasteiger partial charge in [-0.1, -0.05) is 56.3 Å². The highest BCUT2D eigenvalue weighted by atomic mass is 16.6. The molecule has 1 aromatic heterocycles. The van der Waals surface area contributed by atoms with Crippen molar-refractivity contribution in [2.45, 2.75) is 33.3 Å². The second kappa shape index (κ2) is 12.6. The van der Waals surface area contributed by atoms with Gasteiger partial charge in [0, 0.05) is 23.3 Å². The zero-order chi connectivity index (χ0) is 32.4. The van der Waals surface area contributed by atoms with Crippen LogP contribution in [-0.4, -0.2) is 27.9 Å². The van der Waals surface area contributed by atoms with Crippen LogP contribution in [0.3, 0.4) is 0 Å². The minimum Gasteiger partial charge on any atom is -0.496 e. The van der Waals surface area contributed by atoms with E-state index in [9.17, 15) is 14.9 Å². The summed E-state index contributed by atoms with van der Waals surface area (Å²) >= 11 is 0. The third kappa shape index (κ3) is 5.82. The molecule has 0 aliphatic rings. The van der Waals surface area contributed by atoms with Gasteiger partial charge in [0.05, 0.1) is 29.2 Å². The van der Waals surface area contributed by atoms with Crippen LogP contribution >= 0.6 is 0 Å². The quantitative estimate of drug-likeness (QED) is 0.0929. The number of nitrogens with zero attached hydrogens (tertiary/aromatic N) is 4. The van der Waals surface area contributed by atoms with E-state index >= 15 is 0 Å². The second-order valence-corrected chi connectivity index (χ2v) is 11.3. The Bertz CT molecular complexity index is 2190. The van der Waals surface area contributed by atoms with Crippen LogP contribution < -0.4 is 15.0 Å². The van der Waals surface area contributed by atoms with Crippen molar-refractivity contribution in [3.63, 3.8) is 0 Å². The summed E-state index contributed by atoms with van der Waals surface area (Å²) in [7, 11) is 1.65. The van der Waals surface area contributed by atoms with Crippen LogP contribution in [0.25, 0.3) is 33.1 Å². The molecule has 0 saturated heterocycles. The van der Waals surface area contributed by atoms with Crippen molar-refractivity contribution in [2.75, 3.05) is 7.11 Å². The van der Waals surface area contributed by atoms with Crippen LogP contribution in [0.5, 0.6) is 11.5 Å². The highest BCUT2D eigenvalue weighted by molar-refractivity contribution is 6.02. The molecule has 0 atom stereocenters. The first kappa shape index (κ1) is 30.2. The Kier molecular flexibility index (Phi) is 8.31. The summed E-state index contributed by atoms with van der Waals surface area (Å²) in [5.41, 5.74) is 4.41. The Labute approximate surface area is 265 Å². The third-order valence-electron chi connectivity index (χ3n) is 7.97. The lowest BCUT2D eigenvalue weighted by Gasteiger charge is -2.17. The summed E-state index contributed by atoms with van der Waals surface area (Å²) in [5.74, 6) is 1.91. The fourth-order valence-corrected chi connectivity index (χ4v) is 5.50. The van der Waals surface area contributed by atoms with Crippen molar-refractivity contribution in [3.05, 3.63) is 140 Å². The Morgan fingerprint density at radius 2 is 1.65 bits per heavy atom. The summed E-state index contributed by atoms with van der Waals surface area (Å²) in [6.07, 6.45) is 1.64. The van der Waals surface area contributed by atoms with E-state index in [-0.39, 0.29) is 23.8 Å². The monoisotopic (exact) mass is 612 g/mol. The number of fused-ring (bicyclic) bond motifs is 2. The molecule has 0 bridgehead atoms. The second-order valence-electron chi connectivity index (χ2n) is 11.3. The fourth-order valence-electron chi connectivity index (χ4n) is 5.50. The Hall–Kier alpha value is -5.83. The SMILES string of the molecule is COc1cc(C)c(-c2nc3ccccc3c(=O)n2N=Cc2c(OCc3ccc([N+](=O)[O-])cc3)ccc3ccccc23)cc1C(C)C. The van der Waals surface area contributed by atoms with Gasteiger partial charge in [-0.2, -0.15) is 9.78 Å². The molecule has 1 heterocycles. The molecule has 0 fully saturated rings. The van der Waals surface area contributed by atoms with E-state index in [0.29, 0.717) is 28.0 Å². The van der Waals surface area contributed by atoms with E-state index < -0.39 is 4.92 Å². The van der Waals surface area contributed by atoms with Crippen LogP contribution in [0.15, 0.2) is 107 Å². The number of nitro groups is 1. The number of para-hydroxylation sites is 1. The van der Waals surface area contributed by atoms with Gasteiger partial charge in [-0.3, -0.25) is 14.9 Å². The maximum atomic E-state index is 14.0. The van der Waals surface area contributed by atoms with Crippen molar-refractivity contribution in [1.82, 2.24) is 9.66 Å². The van der Waals surface area contributed by atoms with Gasteiger partial charge in [-0.05, 0) is 82.8 Å². The fraction of sp³-hybridized carbons (Fsp3) is 0.162. The Balaban J connectivity index is 1.50. The van der Waals surface area contributed by atoms with E-state index in [4.69, 9.17) is 19.6 Å². The summed E-state index contributed by atoms with van der Waals surface area (Å²) < 4.78 is 13.3. The molecule has 0 saturated carbocycles. The van der Waals surface area contributed by atoms with Crippen LogP contribution in [0.2, 0.25) is 0 Å². The molecule has 0 aliphatic heterocycles. The van der Waals surface area contributed by atoms with Gasteiger partial charge in [-0.15, -0.1) is 0 Å². The first-order valence-corrected chi connectivity index (χ1v) is 14.9. The average Bonchev–Trinajstić information content (AvgIpc) is 3.07. The predicted octanol–water partition coefficient (Wildman–Crippen LogP) is 8.03. The normalized spacial score (nSPS) is 11.5. The number of rotatable bonds is 9. The predicted molar refractivity (Wildman–Crippen MR) is 181 cm³/mol. The molecule has 6 rings (SSSR count). The lowest BCUT2D eigenvalue weighted by Crippen LogP contribution is -2.21. The van der Waals surface area contributed by atoms with E-state index in [1.807, 2.05) is 73.7 Å². The summed E-state index contributed by atoms with van der Waals surface area (Å²) in [6, 6.07) is 29.2. The molecule has 0 N–H and O–H groups in total. The van der Waals surface area contributed by atoms with Gasteiger partial charge in [0.2, 0.25) is 0 Å². The molecule has 6 aromatic rings. The first-order chi connectivity index (χ1) is 22.2. The first-order valence-electron chi connectivity index (χ1n) is 14.9. The van der Waals surface area contributed by atoms with E-state index in [2.05, 4.69) is 13.8 Å². The number of non-ortho nitro benzene ring substituents is 1. The molecule has 0 amide bonds. The smallest absolute Gasteiger partial charge is 0.282 e. The molecule has 9 heteroatoms. The van der Waals surface area contributed by atoms with Crippen molar-refractivity contribution in [1.29, 1.82) is 0 Å². The number of aromatic nitrogens is 2. The van der Waals surface area contributed by atoms with Crippen LogP contribution in [-0.2, 0) is 6.61 Å². The minimum absolute atomic E-state index is 0.0140. The number of aryl methyl sites for hydroxylation is 1. The Morgan fingerprint density at radius 3 is 2.37 bits per heavy atom. The molecule has 0 aliphatic carbocycles. The van der Waals surface area contributed by atoms with Crippen molar-refractivity contribution >= 4 is 33.6 Å². The summed E-state index contributed by atoms with van der Waals surface area (Å²) in [4.78, 5) is 29.6. The highest BCUT2D eigenvalue weighted by Crippen LogP contribution is 2.34. The van der Waals surface area contributed by atoms with Gasteiger partial charge in [-0.25, -0.2) is 4.98 Å². The molecule has 0 unspecified atom stereocenters. The number of ether oxygens (including phenoxy) is 2.